The fraction of sp³-hybridized carbons (Fsp3) is 0.462. The van der Waals surface area contributed by atoms with E-state index in [2.05, 4.69) is 10.3 Å². The second kappa shape index (κ2) is 9.33. The lowest BCUT2D eigenvalue weighted by atomic mass is 9.75. The van der Waals surface area contributed by atoms with Gasteiger partial charge in [0.05, 0.1) is 0 Å². The molecule has 0 atom stereocenters. The van der Waals surface area contributed by atoms with E-state index in [0.29, 0.717) is 62.9 Å². The molecule has 0 unspecified atom stereocenters. The third-order valence-corrected chi connectivity index (χ3v) is 6.58. The normalized spacial score (nSPS) is 18.0. The lowest BCUT2D eigenvalue weighted by Gasteiger charge is -2.33. The summed E-state index contributed by atoms with van der Waals surface area (Å²) in [4.78, 5) is 55.0. The number of fused-ring (bicyclic) bond motifs is 1. The minimum atomic E-state index is -0.444. The first-order chi connectivity index (χ1) is 15.7. The number of amides is 2. The molecule has 2 aromatic rings. The number of nitrogens with zero attached hydrogens (tertiary/aromatic N) is 1. The number of piperidine rings is 1. The first kappa shape index (κ1) is 23.0. The zero-order chi connectivity index (χ0) is 23.6. The summed E-state index contributed by atoms with van der Waals surface area (Å²) in [6.45, 7) is 4.91. The predicted octanol–water partition coefficient (Wildman–Crippen LogP) is 2.88. The van der Waals surface area contributed by atoms with E-state index in [1.807, 2.05) is 44.2 Å². The minimum Gasteiger partial charge on any atom is -0.353 e. The number of ketones is 1. The van der Waals surface area contributed by atoms with Crippen molar-refractivity contribution in [3.63, 3.8) is 0 Å². The largest absolute Gasteiger partial charge is 0.353 e. The number of aryl methyl sites for hydroxylation is 1. The molecule has 2 aliphatic rings. The molecule has 0 spiro atoms. The standard InChI is InChI=1S/C26H31N3O4/c1-26(2)15-21-19(22(30)16-26)14-20(24(32)28-21)25(33)29-12-10-18(11-13-29)27-23(31)9-8-17-6-4-3-5-7-17/h3-7,14,18H,8-13,15-16H2,1-2H3,(H,27,31)(H,28,32). The number of pyridine rings is 1. The molecule has 1 fully saturated rings. The van der Waals surface area contributed by atoms with E-state index in [1.165, 1.54) is 6.07 Å². The number of carbonyl (C=O) groups is 3. The summed E-state index contributed by atoms with van der Waals surface area (Å²) in [6.07, 6.45) is 3.40. The number of benzene rings is 1. The van der Waals surface area contributed by atoms with E-state index >= 15 is 0 Å². The Hall–Kier alpha value is -3.22. The van der Waals surface area contributed by atoms with E-state index in [0.717, 1.165) is 5.56 Å². The average Bonchev–Trinajstić information content (AvgIpc) is 2.77. The second-order valence-corrected chi connectivity index (χ2v) is 9.96. The van der Waals surface area contributed by atoms with Crippen LogP contribution in [0.2, 0.25) is 0 Å². The molecule has 174 valence electrons. The van der Waals surface area contributed by atoms with E-state index in [9.17, 15) is 19.2 Å². The van der Waals surface area contributed by atoms with Crippen LogP contribution in [0, 0.1) is 5.41 Å². The molecule has 0 radical (unpaired) electrons. The molecule has 4 rings (SSSR count). The SMILES string of the molecule is CC1(C)CC(=O)c2cc(C(=O)N3CCC(NC(=O)CCc4ccccc4)CC3)c(=O)[nH]c2C1. The smallest absolute Gasteiger partial charge is 0.261 e. The fourth-order valence-electron chi connectivity index (χ4n) is 4.79. The summed E-state index contributed by atoms with van der Waals surface area (Å²) in [5.41, 5.74) is 1.58. The van der Waals surface area contributed by atoms with Crippen LogP contribution >= 0.6 is 0 Å². The highest BCUT2D eigenvalue weighted by molar-refractivity contribution is 6.02. The zero-order valence-corrected chi connectivity index (χ0v) is 19.3. The lowest BCUT2D eigenvalue weighted by molar-refractivity contribution is -0.122. The van der Waals surface area contributed by atoms with E-state index < -0.39 is 5.56 Å². The van der Waals surface area contributed by atoms with Crippen molar-refractivity contribution in [3.05, 3.63) is 69.1 Å². The third-order valence-electron chi connectivity index (χ3n) is 6.58. The number of aromatic nitrogens is 1. The molecular formula is C26H31N3O4. The molecule has 33 heavy (non-hydrogen) atoms. The quantitative estimate of drug-likeness (QED) is 0.733. The van der Waals surface area contributed by atoms with Crippen LogP contribution in [0.3, 0.4) is 0 Å². The lowest BCUT2D eigenvalue weighted by Crippen LogP contribution is -2.47. The Morgan fingerprint density at radius 1 is 1.09 bits per heavy atom. The number of nitrogens with one attached hydrogen (secondary N) is 2. The van der Waals surface area contributed by atoms with Gasteiger partial charge in [-0.2, -0.15) is 0 Å². The van der Waals surface area contributed by atoms with Crippen molar-refractivity contribution >= 4 is 17.6 Å². The van der Waals surface area contributed by atoms with Gasteiger partial charge in [-0.25, -0.2) is 0 Å². The third kappa shape index (κ3) is 5.41. The van der Waals surface area contributed by atoms with Gasteiger partial charge in [0, 0.05) is 43.2 Å². The van der Waals surface area contributed by atoms with Crippen molar-refractivity contribution in [2.75, 3.05) is 13.1 Å². The zero-order valence-electron chi connectivity index (χ0n) is 19.3. The van der Waals surface area contributed by atoms with E-state index in [1.54, 1.807) is 4.90 Å². The summed E-state index contributed by atoms with van der Waals surface area (Å²) in [7, 11) is 0. The molecule has 7 nitrogen and oxygen atoms in total. The van der Waals surface area contributed by atoms with Crippen molar-refractivity contribution in [1.29, 1.82) is 0 Å². The highest BCUT2D eigenvalue weighted by atomic mass is 16.2. The Morgan fingerprint density at radius 2 is 1.79 bits per heavy atom. The Morgan fingerprint density at radius 3 is 2.48 bits per heavy atom. The average molecular weight is 450 g/mol. The van der Waals surface area contributed by atoms with Gasteiger partial charge in [-0.05, 0) is 42.7 Å². The molecule has 1 saturated heterocycles. The van der Waals surface area contributed by atoms with Crippen molar-refractivity contribution in [2.45, 2.75) is 58.4 Å². The van der Waals surface area contributed by atoms with Gasteiger partial charge < -0.3 is 15.2 Å². The topological polar surface area (TPSA) is 99.3 Å². The van der Waals surface area contributed by atoms with Crippen LogP contribution in [-0.4, -0.2) is 46.6 Å². The van der Waals surface area contributed by atoms with Gasteiger partial charge in [-0.15, -0.1) is 0 Å². The van der Waals surface area contributed by atoms with Gasteiger partial charge in [0.25, 0.3) is 11.5 Å². The van der Waals surface area contributed by atoms with Crippen LogP contribution < -0.4 is 10.9 Å². The van der Waals surface area contributed by atoms with E-state index in [4.69, 9.17) is 0 Å². The number of rotatable bonds is 5. The molecule has 0 bridgehead atoms. The summed E-state index contributed by atoms with van der Waals surface area (Å²) >= 11 is 0. The van der Waals surface area contributed by atoms with Crippen LogP contribution in [0.5, 0.6) is 0 Å². The molecule has 1 aliphatic carbocycles. The number of likely N-dealkylation sites (tertiary alicyclic amines) is 1. The van der Waals surface area contributed by atoms with Gasteiger partial charge in [0.1, 0.15) is 5.56 Å². The minimum absolute atomic E-state index is 0.0104. The molecule has 2 heterocycles. The molecule has 1 aromatic heterocycles. The molecule has 1 aromatic carbocycles. The fourth-order valence-corrected chi connectivity index (χ4v) is 4.79. The highest BCUT2D eigenvalue weighted by Gasteiger charge is 2.33. The Kier molecular flexibility index (Phi) is 6.49. The van der Waals surface area contributed by atoms with Crippen LogP contribution in [0.1, 0.15) is 71.5 Å². The number of Topliss-reactive ketones (excluding diaryl/α,β-unsaturated/α-hetero) is 1. The maximum atomic E-state index is 13.0. The molecule has 2 amide bonds. The Bertz CT molecular complexity index is 1110. The molecular weight excluding hydrogens is 418 g/mol. The maximum Gasteiger partial charge on any atom is 0.261 e. The summed E-state index contributed by atoms with van der Waals surface area (Å²) in [5, 5.41) is 3.06. The van der Waals surface area contributed by atoms with Crippen LogP contribution in [0.15, 0.2) is 41.2 Å². The van der Waals surface area contributed by atoms with Crippen molar-refractivity contribution in [1.82, 2.24) is 15.2 Å². The van der Waals surface area contributed by atoms with Gasteiger partial charge in [-0.1, -0.05) is 44.2 Å². The van der Waals surface area contributed by atoms with Crippen LogP contribution in [-0.2, 0) is 17.6 Å². The number of aromatic amines is 1. The van der Waals surface area contributed by atoms with Crippen molar-refractivity contribution < 1.29 is 14.4 Å². The second-order valence-electron chi connectivity index (χ2n) is 9.96. The van der Waals surface area contributed by atoms with Crippen molar-refractivity contribution in [2.24, 2.45) is 5.41 Å². The number of hydrogen-bond donors (Lipinski definition) is 2. The first-order valence-electron chi connectivity index (χ1n) is 11.6. The summed E-state index contributed by atoms with van der Waals surface area (Å²) in [5.74, 6) is -0.384. The van der Waals surface area contributed by atoms with Crippen LogP contribution in [0.25, 0.3) is 0 Å². The molecule has 0 saturated carbocycles. The summed E-state index contributed by atoms with van der Waals surface area (Å²) < 4.78 is 0. The number of carbonyl (C=O) groups excluding carboxylic acids is 3. The number of hydrogen-bond acceptors (Lipinski definition) is 4. The predicted molar refractivity (Wildman–Crippen MR) is 125 cm³/mol. The van der Waals surface area contributed by atoms with Gasteiger partial charge in [-0.3, -0.25) is 19.2 Å². The van der Waals surface area contributed by atoms with Gasteiger partial charge in [0.2, 0.25) is 5.91 Å². The Labute approximate surface area is 193 Å². The highest BCUT2D eigenvalue weighted by Crippen LogP contribution is 2.33. The number of H-pyrrole nitrogens is 1. The monoisotopic (exact) mass is 449 g/mol. The molecule has 7 heteroatoms. The van der Waals surface area contributed by atoms with Gasteiger partial charge >= 0.3 is 0 Å². The molecule has 1 aliphatic heterocycles. The van der Waals surface area contributed by atoms with Crippen LogP contribution in [0.4, 0.5) is 0 Å². The van der Waals surface area contributed by atoms with Gasteiger partial charge in [0.15, 0.2) is 5.78 Å². The molecule has 2 N–H and O–H groups in total. The summed E-state index contributed by atoms with van der Waals surface area (Å²) in [6, 6.07) is 11.4. The Balaban J connectivity index is 1.33. The first-order valence-corrected chi connectivity index (χ1v) is 11.6. The maximum absolute atomic E-state index is 13.0. The van der Waals surface area contributed by atoms with Crippen molar-refractivity contribution in [3.8, 4) is 0 Å². The van der Waals surface area contributed by atoms with E-state index in [-0.39, 0.29) is 34.6 Å².